The monoisotopic (exact) mass is 404 g/mol. The Hall–Kier alpha value is -2.55. The number of hydrogen-bond donors (Lipinski definition) is 1. The third kappa shape index (κ3) is 4.08. The van der Waals surface area contributed by atoms with Gasteiger partial charge in [0.25, 0.3) is 0 Å². The van der Waals surface area contributed by atoms with E-state index in [4.69, 9.17) is 27.7 Å². The first kappa shape index (κ1) is 17.8. The highest BCUT2D eigenvalue weighted by atomic mass is 35.5. The normalized spacial score (nSPS) is 14.7. The second kappa shape index (κ2) is 7.59. The highest BCUT2D eigenvalue weighted by molar-refractivity contribution is 6.42. The molecule has 0 spiro atoms. The lowest BCUT2D eigenvalue weighted by atomic mass is 10.0. The van der Waals surface area contributed by atoms with E-state index in [1.165, 1.54) is 0 Å². The lowest BCUT2D eigenvalue weighted by Crippen LogP contribution is -2.48. The Balaban J connectivity index is 1.29. The maximum absolute atomic E-state index is 12.1. The van der Waals surface area contributed by atoms with E-state index >= 15 is 0 Å². The van der Waals surface area contributed by atoms with Gasteiger partial charge in [0.05, 0.1) is 22.5 Å². The van der Waals surface area contributed by atoms with Crippen LogP contribution in [0.1, 0.15) is 11.8 Å². The van der Waals surface area contributed by atoms with E-state index in [0.717, 1.165) is 0 Å². The van der Waals surface area contributed by atoms with Crippen molar-refractivity contribution in [1.29, 1.82) is 0 Å². The van der Waals surface area contributed by atoms with Crippen molar-refractivity contribution >= 4 is 34.8 Å². The van der Waals surface area contributed by atoms with Crippen LogP contribution >= 0.6 is 23.2 Å². The van der Waals surface area contributed by atoms with Crippen molar-refractivity contribution in [3.05, 3.63) is 52.6 Å². The molecule has 1 saturated heterocycles. The predicted molar refractivity (Wildman–Crippen MR) is 99.6 cm³/mol. The van der Waals surface area contributed by atoms with Crippen LogP contribution < -0.4 is 5.32 Å². The van der Waals surface area contributed by atoms with E-state index in [0.29, 0.717) is 46.4 Å². The zero-order chi connectivity index (χ0) is 18.8. The number of aromatic nitrogens is 4. The molecule has 1 N–H and O–H groups in total. The molecule has 4 rings (SSSR count). The molecule has 0 aliphatic carbocycles. The van der Waals surface area contributed by atoms with Crippen LogP contribution in [-0.4, -0.2) is 50.5 Å². The van der Waals surface area contributed by atoms with Crippen LogP contribution in [0.25, 0.3) is 11.6 Å². The van der Waals surface area contributed by atoms with Gasteiger partial charge in [-0.1, -0.05) is 28.4 Å². The predicted octanol–water partition coefficient (Wildman–Crippen LogP) is 2.87. The molecule has 27 heavy (non-hydrogen) atoms. The fourth-order valence-electron chi connectivity index (χ4n) is 2.74. The van der Waals surface area contributed by atoms with E-state index in [2.05, 4.69) is 25.4 Å². The fraction of sp³-hybridized carbons (Fsp3) is 0.235. The first-order chi connectivity index (χ1) is 13.1. The molecule has 0 saturated carbocycles. The van der Waals surface area contributed by atoms with Crippen LogP contribution in [0.5, 0.6) is 0 Å². The summed E-state index contributed by atoms with van der Waals surface area (Å²) in [5, 5.41) is 7.55. The average molecular weight is 405 g/mol. The maximum atomic E-state index is 12.1. The summed E-state index contributed by atoms with van der Waals surface area (Å²) in [6.07, 6.45) is 3.24. The molecule has 0 atom stereocenters. The van der Waals surface area contributed by atoms with Crippen LogP contribution in [0.4, 0.5) is 5.69 Å². The largest absolute Gasteiger partial charge is 0.338 e. The number of rotatable bonds is 5. The third-order valence-corrected chi connectivity index (χ3v) is 4.82. The van der Waals surface area contributed by atoms with Gasteiger partial charge >= 0.3 is 0 Å². The quantitative estimate of drug-likeness (QED) is 0.697. The molecule has 8 nitrogen and oxygen atoms in total. The van der Waals surface area contributed by atoms with Crippen LogP contribution in [0, 0.1) is 0 Å². The summed E-state index contributed by atoms with van der Waals surface area (Å²) in [4.78, 5) is 26.7. The molecule has 1 amide bonds. The number of carbonyl (C=O) groups excluding carboxylic acids is 1. The first-order valence-electron chi connectivity index (χ1n) is 8.17. The minimum absolute atomic E-state index is 0.0905. The van der Waals surface area contributed by atoms with Crippen molar-refractivity contribution in [1.82, 2.24) is 25.0 Å². The molecule has 0 unspecified atom stereocenters. The lowest BCUT2D eigenvalue weighted by Gasteiger charge is -2.36. The summed E-state index contributed by atoms with van der Waals surface area (Å²) in [6, 6.07) is 6.68. The summed E-state index contributed by atoms with van der Waals surface area (Å²) in [5.74, 6) is 1.27. The zero-order valence-corrected chi connectivity index (χ0v) is 15.5. The van der Waals surface area contributed by atoms with Crippen molar-refractivity contribution in [2.45, 2.75) is 5.92 Å². The molecule has 3 heterocycles. The number of amides is 1. The van der Waals surface area contributed by atoms with Crippen LogP contribution in [-0.2, 0) is 4.79 Å². The van der Waals surface area contributed by atoms with Crippen LogP contribution in [0.15, 0.2) is 41.2 Å². The number of halogens is 2. The second-order valence-corrected chi connectivity index (χ2v) is 6.91. The summed E-state index contributed by atoms with van der Waals surface area (Å²) in [6.45, 7) is 1.58. The number of hydrogen-bond acceptors (Lipinski definition) is 7. The molecule has 1 aromatic carbocycles. The van der Waals surface area contributed by atoms with Crippen molar-refractivity contribution in [2.75, 3.05) is 25.0 Å². The van der Waals surface area contributed by atoms with Crippen molar-refractivity contribution in [2.24, 2.45) is 0 Å². The Morgan fingerprint density at radius 2 is 1.96 bits per heavy atom. The Labute approximate surface area is 164 Å². The van der Waals surface area contributed by atoms with Crippen molar-refractivity contribution < 1.29 is 9.32 Å². The molecule has 138 valence electrons. The van der Waals surface area contributed by atoms with Crippen molar-refractivity contribution in [3.63, 3.8) is 0 Å². The van der Waals surface area contributed by atoms with Gasteiger partial charge in [-0.25, -0.2) is 9.97 Å². The van der Waals surface area contributed by atoms with Gasteiger partial charge in [0.2, 0.25) is 23.4 Å². The van der Waals surface area contributed by atoms with Gasteiger partial charge in [-0.3, -0.25) is 9.69 Å². The van der Waals surface area contributed by atoms with Gasteiger partial charge in [0, 0.05) is 31.2 Å². The molecular weight excluding hydrogens is 391 g/mol. The highest BCUT2D eigenvalue weighted by Crippen LogP contribution is 2.27. The Bertz CT molecular complexity index is 959. The summed E-state index contributed by atoms with van der Waals surface area (Å²) in [5.41, 5.74) is 0.607. The van der Waals surface area contributed by atoms with Crippen LogP contribution in [0.2, 0.25) is 10.0 Å². The molecule has 2 aromatic heterocycles. The van der Waals surface area contributed by atoms with E-state index in [9.17, 15) is 4.79 Å². The van der Waals surface area contributed by atoms with E-state index < -0.39 is 0 Å². The van der Waals surface area contributed by atoms with Gasteiger partial charge in [0.15, 0.2) is 0 Å². The molecule has 1 fully saturated rings. The Kier molecular flexibility index (Phi) is 5.02. The number of nitrogens with one attached hydrogen (secondary N) is 1. The lowest BCUT2D eigenvalue weighted by molar-refractivity contribution is -0.118. The second-order valence-electron chi connectivity index (χ2n) is 6.10. The Morgan fingerprint density at radius 3 is 2.70 bits per heavy atom. The number of anilines is 1. The third-order valence-electron chi connectivity index (χ3n) is 4.08. The molecule has 3 aromatic rings. The maximum Gasteiger partial charge on any atom is 0.240 e. The van der Waals surface area contributed by atoms with Gasteiger partial charge in [-0.2, -0.15) is 4.98 Å². The van der Waals surface area contributed by atoms with Crippen LogP contribution in [0.3, 0.4) is 0 Å². The van der Waals surface area contributed by atoms with Gasteiger partial charge in [-0.05, 0) is 24.3 Å². The Morgan fingerprint density at radius 1 is 1.19 bits per heavy atom. The fourth-order valence-corrected chi connectivity index (χ4v) is 3.04. The molecule has 1 aliphatic rings. The number of nitrogens with zero attached hydrogens (tertiary/aromatic N) is 5. The highest BCUT2D eigenvalue weighted by Gasteiger charge is 2.33. The van der Waals surface area contributed by atoms with Gasteiger partial charge in [-0.15, -0.1) is 0 Å². The number of carbonyl (C=O) groups is 1. The number of likely N-dealkylation sites (tertiary alicyclic amines) is 1. The molecule has 0 radical (unpaired) electrons. The first-order valence-corrected chi connectivity index (χ1v) is 8.92. The number of benzene rings is 1. The smallest absolute Gasteiger partial charge is 0.240 e. The topological polar surface area (TPSA) is 97.0 Å². The van der Waals surface area contributed by atoms with E-state index in [1.54, 1.807) is 36.7 Å². The summed E-state index contributed by atoms with van der Waals surface area (Å²) < 4.78 is 5.30. The van der Waals surface area contributed by atoms with Gasteiger partial charge < -0.3 is 9.84 Å². The average Bonchev–Trinajstić information content (AvgIpc) is 3.11. The minimum Gasteiger partial charge on any atom is -0.338 e. The molecule has 1 aliphatic heterocycles. The molecular formula is C17H14Cl2N6O2. The molecule has 0 bridgehead atoms. The SMILES string of the molecule is O=C(CN1CC(c2nc(-c3ncccn3)no2)C1)Nc1ccc(Cl)c(Cl)c1. The van der Waals surface area contributed by atoms with E-state index in [1.807, 2.05) is 4.90 Å². The summed E-state index contributed by atoms with van der Waals surface area (Å²) in [7, 11) is 0. The van der Waals surface area contributed by atoms with Crippen molar-refractivity contribution in [3.8, 4) is 11.6 Å². The molecule has 10 heteroatoms. The summed E-state index contributed by atoms with van der Waals surface area (Å²) >= 11 is 11.8. The minimum atomic E-state index is -0.129. The zero-order valence-electron chi connectivity index (χ0n) is 14.0. The van der Waals surface area contributed by atoms with E-state index in [-0.39, 0.29) is 18.4 Å². The van der Waals surface area contributed by atoms with Gasteiger partial charge in [0.1, 0.15) is 0 Å². The standard InChI is InChI=1S/C17H14Cl2N6O2/c18-12-3-2-11(6-13(12)19)22-14(26)9-25-7-10(8-25)17-23-16(24-27-17)15-20-4-1-5-21-15/h1-6,10H,7-9H2,(H,22,26).